The van der Waals surface area contributed by atoms with Crippen LogP contribution in [-0.4, -0.2) is 38.7 Å². The van der Waals surface area contributed by atoms with Crippen molar-refractivity contribution in [3.8, 4) is 0 Å². The molecule has 0 saturated heterocycles. The van der Waals surface area contributed by atoms with E-state index in [-0.39, 0.29) is 23.8 Å². The second-order valence-electron chi connectivity index (χ2n) is 6.66. The number of carbonyl (C=O) groups is 2. The minimum atomic E-state index is -2.95. The Kier molecular flexibility index (Phi) is 6.18. The maximum atomic E-state index is 12.6. The number of carboxylic acids is 1. The zero-order valence-electron chi connectivity index (χ0n) is 14.1. The van der Waals surface area contributed by atoms with Gasteiger partial charge in [0.05, 0.1) is 5.41 Å². The number of para-hydroxylation sites is 1. The number of hydrogen-bond donors (Lipinski definition) is 4. The van der Waals surface area contributed by atoms with Crippen molar-refractivity contribution in [3.05, 3.63) is 30.3 Å². The molecular formula is C17H25N3O4S. The first-order valence-electron chi connectivity index (χ1n) is 8.33. The number of nitrogens with two attached hydrogens (primary N) is 1. The van der Waals surface area contributed by atoms with Gasteiger partial charge >= 0.3 is 5.97 Å². The summed E-state index contributed by atoms with van der Waals surface area (Å²) < 4.78 is 20.3. The van der Waals surface area contributed by atoms with Gasteiger partial charge in [-0.15, -0.1) is 0 Å². The minimum absolute atomic E-state index is 0.000871. The van der Waals surface area contributed by atoms with E-state index in [9.17, 15) is 13.8 Å². The first kappa shape index (κ1) is 19.4. The van der Waals surface area contributed by atoms with E-state index in [4.69, 9.17) is 15.6 Å². The van der Waals surface area contributed by atoms with Crippen molar-refractivity contribution in [2.24, 2.45) is 11.1 Å². The highest BCUT2D eigenvalue weighted by molar-refractivity contribution is 7.92. The number of rotatable bonds is 9. The average Bonchev–Trinajstić information content (AvgIpc) is 2.52. The van der Waals surface area contributed by atoms with Crippen LogP contribution in [0.2, 0.25) is 0 Å². The second-order valence-corrected chi connectivity index (χ2v) is 9.10. The zero-order valence-corrected chi connectivity index (χ0v) is 14.9. The molecule has 0 bridgehead atoms. The molecule has 0 aliphatic heterocycles. The summed E-state index contributed by atoms with van der Waals surface area (Å²) in [7, 11) is -2.95. The Bertz CT molecular complexity index is 715. The number of carboxylic acid groups (broad SMARTS) is 1. The van der Waals surface area contributed by atoms with Gasteiger partial charge in [0.25, 0.3) is 0 Å². The minimum Gasteiger partial charge on any atom is -0.480 e. The lowest BCUT2D eigenvalue weighted by Gasteiger charge is -2.40. The molecule has 1 saturated carbocycles. The Labute approximate surface area is 148 Å². The topological polar surface area (TPSA) is 133 Å². The number of nitrogens with one attached hydrogen (secondary N) is 2. The van der Waals surface area contributed by atoms with Gasteiger partial charge in [0.2, 0.25) is 5.91 Å². The maximum Gasteiger partial charge on any atom is 0.320 e. The zero-order chi connectivity index (χ0) is 18.5. The second kappa shape index (κ2) is 7.97. The Morgan fingerprint density at radius 1 is 1.28 bits per heavy atom. The molecule has 7 nitrogen and oxygen atoms in total. The number of amides is 1. The maximum absolute atomic E-state index is 12.6. The summed E-state index contributed by atoms with van der Waals surface area (Å²) in [6.45, 7) is 0. The van der Waals surface area contributed by atoms with Gasteiger partial charge in [-0.25, -0.2) is 4.21 Å². The van der Waals surface area contributed by atoms with Crippen molar-refractivity contribution in [1.29, 1.82) is 4.78 Å². The Morgan fingerprint density at radius 2 is 1.92 bits per heavy atom. The van der Waals surface area contributed by atoms with Crippen LogP contribution in [0.3, 0.4) is 0 Å². The number of aliphatic carboxylic acids is 1. The predicted octanol–water partition coefficient (Wildman–Crippen LogP) is 2.03. The quantitative estimate of drug-likeness (QED) is 0.530. The molecule has 0 heterocycles. The standard InChI is InChI=1S/C17H25N3O4S/c18-14(15(21)22)7-11-25(19,24)12-10-17(8-4-9-17)16(23)20-13-5-2-1-3-6-13/h1-3,5-6,14,19H,4,7-12,18H2,(H,20,23)(H,21,22)/t14-,25?/m0/s1. The summed E-state index contributed by atoms with van der Waals surface area (Å²) in [6.07, 6.45) is 2.74. The lowest BCUT2D eigenvalue weighted by Crippen LogP contribution is -2.43. The van der Waals surface area contributed by atoms with Crippen LogP contribution in [0.5, 0.6) is 0 Å². The van der Waals surface area contributed by atoms with E-state index < -0.39 is 27.2 Å². The molecule has 25 heavy (non-hydrogen) atoms. The van der Waals surface area contributed by atoms with E-state index in [2.05, 4.69) is 5.32 Å². The summed E-state index contributed by atoms with van der Waals surface area (Å²) in [6, 6.07) is 8.06. The first-order chi connectivity index (χ1) is 11.7. The van der Waals surface area contributed by atoms with E-state index in [0.717, 1.165) is 24.9 Å². The number of carbonyl (C=O) groups excluding carboxylic acids is 1. The van der Waals surface area contributed by atoms with Gasteiger partial charge in [0.1, 0.15) is 6.04 Å². The van der Waals surface area contributed by atoms with E-state index in [0.29, 0.717) is 6.42 Å². The normalized spacial score (nSPS) is 19.2. The van der Waals surface area contributed by atoms with Crippen molar-refractivity contribution < 1.29 is 18.9 Å². The summed E-state index contributed by atoms with van der Waals surface area (Å²) in [5.41, 5.74) is 5.55. The fourth-order valence-electron chi connectivity index (χ4n) is 2.88. The van der Waals surface area contributed by atoms with Gasteiger partial charge in [-0.2, -0.15) is 0 Å². The van der Waals surface area contributed by atoms with Crippen molar-refractivity contribution in [2.75, 3.05) is 16.8 Å². The average molecular weight is 367 g/mol. The summed E-state index contributed by atoms with van der Waals surface area (Å²) in [4.78, 5) is 23.3. The first-order valence-corrected chi connectivity index (χ1v) is 10.2. The molecule has 1 aliphatic carbocycles. The molecule has 1 aromatic rings. The van der Waals surface area contributed by atoms with Crippen LogP contribution in [0.15, 0.2) is 30.3 Å². The largest absolute Gasteiger partial charge is 0.480 e. The van der Waals surface area contributed by atoms with Crippen molar-refractivity contribution >= 4 is 27.3 Å². The number of anilines is 1. The van der Waals surface area contributed by atoms with Crippen LogP contribution in [-0.2, 0) is 19.3 Å². The molecule has 1 aliphatic rings. The van der Waals surface area contributed by atoms with Gasteiger partial charge < -0.3 is 16.2 Å². The molecule has 2 atom stereocenters. The van der Waals surface area contributed by atoms with Crippen LogP contribution >= 0.6 is 0 Å². The molecule has 0 spiro atoms. The lowest BCUT2D eigenvalue weighted by molar-refractivity contribution is -0.138. The van der Waals surface area contributed by atoms with Crippen LogP contribution in [0.4, 0.5) is 5.69 Å². The molecule has 1 amide bonds. The molecule has 8 heteroatoms. The van der Waals surface area contributed by atoms with Crippen LogP contribution < -0.4 is 11.1 Å². The third kappa shape index (κ3) is 5.27. The molecule has 5 N–H and O–H groups in total. The summed E-state index contributed by atoms with van der Waals surface area (Å²) in [5, 5.41) is 11.7. The molecule has 1 aromatic carbocycles. The van der Waals surface area contributed by atoms with Crippen molar-refractivity contribution in [3.63, 3.8) is 0 Å². The van der Waals surface area contributed by atoms with Gasteiger partial charge in [-0.05, 0) is 37.8 Å². The summed E-state index contributed by atoms with van der Waals surface area (Å²) in [5.74, 6) is -1.23. The van der Waals surface area contributed by atoms with E-state index in [1.807, 2.05) is 30.3 Å². The van der Waals surface area contributed by atoms with Crippen LogP contribution in [0.25, 0.3) is 0 Å². The highest BCUT2D eigenvalue weighted by Gasteiger charge is 2.44. The van der Waals surface area contributed by atoms with E-state index in [1.165, 1.54) is 0 Å². The predicted molar refractivity (Wildman–Crippen MR) is 96.8 cm³/mol. The van der Waals surface area contributed by atoms with Crippen molar-refractivity contribution in [1.82, 2.24) is 0 Å². The molecule has 2 rings (SSSR count). The molecular weight excluding hydrogens is 342 g/mol. The SMILES string of the molecule is N=S(=O)(CC[C@H](N)C(=O)O)CCC1(C(=O)Nc2ccccc2)CCC1. The van der Waals surface area contributed by atoms with Crippen LogP contribution in [0.1, 0.15) is 32.1 Å². The number of hydrogen-bond acceptors (Lipinski definition) is 5. The molecule has 0 radical (unpaired) electrons. The monoisotopic (exact) mass is 367 g/mol. The van der Waals surface area contributed by atoms with Gasteiger partial charge in [0, 0.05) is 26.9 Å². The fourth-order valence-corrected chi connectivity index (χ4v) is 4.44. The molecule has 1 fully saturated rings. The Balaban J connectivity index is 1.92. The highest BCUT2D eigenvalue weighted by atomic mass is 32.2. The van der Waals surface area contributed by atoms with Gasteiger partial charge in [-0.1, -0.05) is 24.6 Å². The van der Waals surface area contributed by atoms with E-state index in [1.54, 1.807) is 0 Å². The number of benzene rings is 1. The lowest BCUT2D eigenvalue weighted by atomic mass is 9.66. The van der Waals surface area contributed by atoms with Crippen molar-refractivity contribution in [2.45, 2.75) is 38.1 Å². The molecule has 138 valence electrons. The van der Waals surface area contributed by atoms with E-state index >= 15 is 0 Å². The third-order valence-electron chi connectivity index (χ3n) is 4.81. The third-order valence-corrected chi connectivity index (χ3v) is 6.57. The van der Waals surface area contributed by atoms with Gasteiger partial charge in [0.15, 0.2) is 0 Å². The van der Waals surface area contributed by atoms with Gasteiger partial charge in [-0.3, -0.25) is 14.4 Å². The molecule has 1 unspecified atom stereocenters. The van der Waals surface area contributed by atoms with Crippen LogP contribution in [0, 0.1) is 10.2 Å². The smallest absolute Gasteiger partial charge is 0.320 e. The summed E-state index contributed by atoms with van der Waals surface area (Å²) >= 11 is 0. The fraction of sp³-hybridized carbons (Fsp3) is 0.529. The Hall–Kier alpha value is -1.93. The molecule has 0 aromatic heterocycles. The Morgan fingerprint density at radius 3 is 2.44 bits per heavy atom. The highest BCUT2D eigenvalue weighted by Crippen LogP contribution is 2.45.